The Balaban J connectivity index is 1.51. The molecule has 0 spiro atoms. The molecule has 2 bridgehead atoms. The van der Waals surface area contributed by atoms with Crippen LogP contribution in [-0.4, -0.2) is 40.5 Å². The Morgan fingerprint density at radius 3 is 2.84 bits per heavy atom. The number of ether oxygens (including phenoxy) is 1. The van der Waals surface area contributed by atoms with E-state index in [4.69, 9.17) is 21.3 Å². The highest BCUT2D eigenvalue weighted by Crippen LogP contribution is 2.49. The summed E-state index contributed by atoms with van der Waals surface area (Å²) in [6, 6.07) is 5.28. The fraction of sp³-hybridized carbons (Fsp3) is 0.625. The zero-order chi connectivity index (χ0) is 22.8. The molecule has 0 saturated heterocycles. The van der Waals surface area contributed by atoms with Crippen molar-refractivity contribution in [1.82, 2.24) is 14.9 Å². The fourth-order valence-electron chi connectivity index (χ4n) is 5.39. The Morgan fingerprint density at radius 1 is 1.34 bits per heavy atom. The van der Waals surface area contributed by atoms with Crippen LogP contribution in [0, 0.1) is 17.8 Å². The first-order valence-electron chi connectivity index (χ1n) is 11.5. The average Bonchev–Trinajstić information content (AvgIpc) is 3.39. The van der Waals surface area contributed by atoms with Gasteiger partial charge < -0.3 is 10.1 Å². The van der Waals surface area contributed by atoms with Gasteiger partial charge in [-0.2, -0.15) is 0 Å². The highest BCUT2D eigenvalue weighted by atomic mass is 35.5. The summed E-state index contributed by atoms with van der Waals surface area (Å²) < 4.78 is 6.81. The number of carbonyl (C=O) groups excluding carboxylic acids is 1. The van der Waals surface area contributed by atoms with Crippen LogP contribution in [0.4, 0.5) is 0 Å². The standard InChI is InChI=1S/C24H32ClN3O3S/c1-14(20-12-16-5-6-17(20)11-16)26-22(29)15(2)32-24-27-21-13-18(25)7-8-19(21)23(30)28(24)9-4-10-31-3/h7-8,13-17,20H,4-6,9-12H2,1-3H3,(H,26,29). The lowest BCUT2D eigenvalue weighted by molar-refractivity contribution is -0.121. The van der Waals surface area contributed by atoms with E-state index >= 15 is 0 Å². The van der Waals surface area contributed by atoms with Gasteiger partial charge in [0.15, 0.2) is 5.16 Å². The molecule has 0 radical (unpaired) electrons. The van der Waals surface area contributed by atoms with Crippen molar-refractivity contribution >= 4 is 40.2 Å². The van der Waals surface area contributed by atoms with Crippen molar-refractivity contribution in [1.29, 1.82) is 0 Å². The number of nitrogens with zero attached hydrogens (tertiary/aromatic N) is 2. The zero-order valence-corrected chi connectivity index (χ0v) is 20.5. The predicted molar refractivity (Wildman–Crippen MR) is 129 cm³/mol. The first-order valence-corrected chi connectivity index (χ1v) is 12.8. The molecule has 1 aromatic heterocycles. The second-order valence-corrected chi connectivity index (χ2v) is 11.0. The minimum atomic E-state index is -0.367. The third-order valence-corrected chi connectivity index (χ3v) is 8.39. The first kappa shape index (κ1) is 23.6. The van der Waals surface area contributed by atoms with Gasteiger partial charge in [-0.3, -0.25) is 14.2 Å². The second kappa shape index (κ2) is 10.1. The van der Waals surface area contributed by atoms with E-state index in [2.05, 4.69) is 12.2 Å². The molecule has 2 fully saturated rings. The first-order chi connectivity index (χ1) is 15.4. The number of amides is 1. The van der Waals surface area contributed by atoms with E-state index in [1.165, 1.54) is 37.4 Å². The van der Waals surface area contributed by atoms with E-state index in [0.29, 0.717) is 46.6 Å². The minimum absolute atomic E-state index is 0.00541. The molecule has 32 heavy (non-hydrogen) atoms. The Morgan fingerprint density at radius 2 is 2.16 bits per heavy atom. The molecule has 1 heterocycles. The Kier molecular flexibility index (Phi) is 7.47. The topological polar surface area (TPSA) is 73.2 Å². The van der Waals surface area contributed by atoms with Gasteiger partial charge in [-0.1, -0.05) is 29.8 Å². The molecule has 8 heteroatoms. The van der Waals surface area contributed by atoms with Crippen molar-refractivity contribution in [2.75, 3.05) is 13.7 Å². The van der Waals surface area contributed by atoms with E-state index in [1.807, 2.05) is 6.92 Å². The van der Waals surface area contributed by atoms with Crippen molar-refractivity contribution in [3.05, 3.63) is 33.6 Å². The summed E-state index contributed by atoms with van der Waals surface area (Å²) in [7, 11) is 1.64. The third-order valence-electron chi connectivity index (χ3n) is 7.07. The average molecular weight is 478 g/mol. The largest absolute Gasteiger partial charge is 0.385 e. The highest BCUT2D eigenvalue weighted by molar-refractivity contribution is 8.00. The molecule has 0 aliphatic heterocycles. The molecule has 1 amide bonds. The molecule has 5 unspecified atom stereocenters. The number of nitrogens with one attached hydrogen (secondary N) is 1. The third kappa shape index (κ3) is 5.00. The van der Waals surface area contributed by atoms with Crippen LogP contribution in [0.15, 0.2) is 28.2 Å². The highest BCUT2D eigenvalue weighted by Gasteiger charge is 2.42. The molecular formula is C24H32ClN3O3S. The summed E-state index contributed by atoms with van der Waals surface area (Å²) in [5.41, 5.74) is 0.434. The van der Waals surface area contributed by atoms with Gasteiger partial charge in [-0.05, 0) is 75.5 Å². The Labute approximate surface area is 198 Å². The summed E-state index contributed by atoms with van der Waals surface area (Å²) in [5.74, 6) is 2.19. The summed E-state index contributed by atoms with van der Waals surface area (Å²) in [5, 5.41) is 4.47. The smallest absolute Gasteiger partial charge is 0.262 e. The van der Waals surface area contributed by atoms with Crippen molar-refractivity contribution in [3.8, 4) is 0 Å². The number of methoxy groups -OCH3 is 1. The minimum Gasteiger partial charge on any atom is -0.385 e. The lowest BCUT2D eigenvalue weighted by atomic mass is 9.84. The Hall–Kier alpha value is -1.57. The number of benzene rings is 1. The fourth-order valence-corrected chi connectivity index (χ4v) is 6.50. The van der Waals surface area contributed by atoms with Crippen LogP contribution in [0.2, 0.25) is 5.02 Å². The maximum Gasteiger partial charge on any atom is 0.262 e. The molecule has 174 valence electrons. The number of carbonyl (C=O) groups is 1. The van der Waals surface area contributed by atoms with Crippen LogP contribution in [0.25, 0.3) is 10.9 Å². The van der Waals surface area contributed by atoms with Crippen LogP contribution < -0.4 is 10.9 Å². The maximum absolute atomic E-state index is 13.2. The van der Waals surface area contributed by atoms with Crippen LogP contribution in [0.5, 0.6) is 0 Å². The van der Waals surface area contributed by atoms with Crippen molar-refractivity contribution < 1.29 is 9.53 Å². The molecule has 2 aliphatic carbocycles. The molecule has 6 nitrogen and oxygen atoms in total. The quantitative estimate of drug-likeness (QED) is 0.327. The summed E-state index contributed by atoms with van der Waals surface area (Å²) >= 11 is 7.46. The second-order valence-electron chi connectivity index (χ2n) is 9.26. The lowest BCUT2D eigenvalue weighted by Gasteiger charge is -2.29. The molecule has 2 aromatic rings. The number of thioether (sulfide) groups is 1. The zero-order valence-electron chi connectivity index (χ0n) is 19.0. The van der Waals surface area contributed by atoms with Crippen molar-refractivity contribution in [3.63, 3.8) is 0 Å². The molecule has 1 N–H and O–H groups in total. The normalized spacial score (nSPS) is 24.1. The van der Waals surface area contributed by atoms with Crippen LogP contribution >= 0.6 is 23.4 Å². The van der Waals surface area contributed by atoms with Gasteiger partial charge in [0.05, 0.1) is 16.2 Å². The maximum atomic E-state index is 13.2. The summed E-state index contributed by atoms with van der Waals surface area (Å²) in [4.78, 5) is 30.9. The van der Waals surface area contributed by atoms with E-state index in [-0.39, 0.29) is 22.8 Å². The molecule has 1 aromatic carbocycles. The number of hydrogen-bond donors (Lipinski definition) is 1. The summed E-state index contributed by atoms with van der Waals surface area (Å²) in [6.45, 7) is 5.04. The number of hydrogen-bond acceptors (Lipinski definition) is 5. The van der Waals surface area contributed by atoms with Gasteiger partial charge in [0.2, 0.25) is 5.91 Å². The number of aromatic nitrogens is 2. The van der Waals surface area contributed by atoms with Gasteiger partial charge in [0.1, 0.15) is 0 Å². The van der Waals surface area contributed by atoms with Crippen molar-refractivity contribution in [2.45, 2.75) is 68.9 Å². The van der Waals surface area contributed by atoms with Crippen molar-refractivity contribution in [2.24, 2.45) is 17.8 Å². The molecule has 2 saturated carbocycles. The summed E-state index contributed by atoms with van der Waals surface area (Å²) in [6.07, 6.45) is 5.91. The monoisotopic (exact) mass is 477 g/mol. The predicted octanol–water partition coefficient (Wildman–Crippen LogP) is 4.51. The van der Waals surface area contributed by atoms with Crippen LogP contribution in [0.1, 0.15) is 46.0 Å². The van der Waals surface area contributed by atoms with Gasteiger partial charge >= 0.3 is 0 Å². The molecule has 2 aliphatic rings. The number of rotatable bonds is 9. The van der Waals surface area contributed by atoms with E-state index < -0.39 is 0 Å². The Bertz CT molecular complexity index is 1040. The number of fused-ring (bicyclic) bond motifs is 3. The van der Waals surface area contributed by atoms with Gasteiger partial charge in [-0.25, -0.2) is 4.98 Å². The molecule has 5 atom stereocenters. The number of halogens is 1. The SMILES string of the molecule is COCCCn1c(SC(C)C(=O)NC(C)C2CC3CCC2C3)nc2cc(Cl)ccc2c1=O. The molecular weight excluding hydrogens is 446 g/mol. The van der Waals surface area contributed by atoms with Crippen LogP contribution in [0.3, 0.4) is 0 Å². The lowest BCUT2D eigenvalue weighted by Crippen LogP contribution is -2.43. The van der Waals surface area contributed by atoms with Gasteiger partial charge in [0.25, 0.3) is 5.56 Å². The van der Waals surface area contributed by atoms with E-state index in [1.54, 1.807) is 29.9 Å². The van der Waals surface area contributed by atoms with Crippen LogP contribution in [-0.2, 0) is 16.1 Å². The van der Waals surface area contributed by atoms with E-state index in [9.17, 15) is 9.59 Å². The molecule has 4 rings (SSSR count). The van der Waals surface area contributed by atoms with Gasteiger partial charge in [0, 0.05) is 31.3 Å². The van der Waals surface area contributed by atoms with Gasteiger partial charge in [-0.15, -0.1) is 0 Å². The van der Waals surface area contributed by atoms with E-state index in [0.717, 1.165) is 11.8 Å².